The van der Waals surface area contributed by atoms with Crippen molar-refractivity contribution in [2.45, 2.75) is 24.2 Å². The number of aliphatic carboxylic acids is 1. The van der Waals surface area contributed by atoms with Crippen LogP contribution in [0.15, 0.2) is 17.3 Å². The number of aromatic nitrogens is 2. The first-order valence-electron chi connectivity index (χ1n) is 5.12. The van der Waals surface area contributed by atoms with E-state index >= 15 is 0 Å². The Bertz CT molecular complexity index is 480. The molecule has 0 aliphatic rings. The summed E-state index contributed by atoms with van der Waals surface area (Å²) in [5.41, 5.74) is 0. The highest BCUT2D eigenvalue weighted by Crippen LogP contribution is 2.06. The summed E-state index contributed by atoms with van der Waals surface area (Å²) in [6.07, 6.45) is 3.66. The van der Waals surface area contributed by atoms with Crippen LogP contribution >= 0.6 is 0 Å². The zero-order chi connectivity index (χ0) is 12.9. The smallest absolute Gasteiger partial charge is 0.303 e. The summed E-state index contributed by atoms with van der Waals surface area (Å²) in [6.45, 7) is 0.227. The molecule has 0 unspecified atom stereocenters. The number of nitrogens with zero attached hydrogens (tertiary/aromatic N) is 2. The molecule has 7 nitrogen and oxygen atoms in total. The molecule has 0 saturated heterocycles. The van der Waals surface area contributed by atoms with Crippen molar-refractivity contribution >= 4 is 16.0 Å². The minimum absolute atomic E-state index is 0.0502. The Kier molecular flexibility index (Phi) is 4.64. The van der Waals surface area contributed by atoms with Gasteiger partial charge in [-0.05, 0) is 12.8 Å². The van der Waals surface area contributed by atoms with Gasteiger partial charge in [-0.25, -0.2) is 13.1 Å². The first-order chi connectivity index (χ1) is 7.92. The second kappa shape index (κ2) is 5.78. The molecule has 0 aliphatic carbocycles. The topological polar surface area (TPSA) is 101 Å². The molecule has 96 valence electrons. The van der Waals surface area contributed by atoms with Gasteiger partial charge in [0, 0.05) is 26.2 Å². The Balaban J connectivity index is 2.38. The van der Waals surface area contributed by atoms with E-state index in [0.29, 0.717) is 12.8 Å². The van der Waals surface area contributed by atoms with Gasteiger partial charge in [-0.2, -0.15) is 5.10 Å². The number of carboxylic acids is 1. The Hall–Kier alpha value is -1.41. The molecule has 1 aromatic rings. The third-order valence-corrected chi connectivity index (χ3v) is 3.52. The van der Waals surface area contributed by atoms with Crippen molar-refractivity contribution in [2.75, 3.05) is 6.54 Å². The second-order valence-corrected chi connectivity index (χ2v) is 5.37. The molecule has 0 saturated carbocycles. The third-order valence-electron chi connectivity index (χ3n) is 2.10. The average Bonchev–Trinajstić information content (AvgIpc) is 2.64. The maximum absolute atomic E-state index is 11.7. The van der Waals surface area contributed by atoms with Crippen molar-refractivity contribution in [1.82, 2.24) is 14.5 Å². The molecule has 0 atom stereocenters. The molecule has 1 heterocycles. The lowest BCUT2D eigenvalue weighted by Crippen LogP contribution is -2.24. The van der Waals surface area contributed by atoms with Crippen LogP contribution in [-0.2, 0) is 21.9 Å². The van der Waals surface area contributed by atoms with Crippen LogP contribution in [0.4, 0.5) is 0 Å². The van der Waals surface area contributed by atoms with Gasteiger partial charge in [0.05, 0.1) is 6.20 Å². The molecule has 0 fully saturated rings. The van der Waals surface area contributed by atoms with E-state index in [4.69, 9.17) is 5.11 Å². The van der Waals surface area contributed by atoms with Crippen LogP contribution in [-0.4, -0.2) is 35.8 Å². The highest BCUT2D eigenvalue weighted by atomic mass is 32.2. The van der Waals surface area contributed by atoms with E-state index in [0.717, 1.165) is 0 Å². The number of unbranched alkanes of at least 4 members (excludes halogenated alkanes) is 1. The van der Waals surface area contributed by atoms with Gasteiger partial charge in [0.1, 0.15) is 4.90 Å². The summed E-state index contributed by atoms with van der Waals surface area (Å²) < 4.78 is 27.1. The van der Waals surface area contributed by atoms with Crippen LogP contribution in [0.3, 0.4) is 0 Å². The van der Waals surface area contributed by atoms with Crippen molar-refractivity contribution in [1.29, 1.82) is 0 Å². The lowest BCUT2D eigenvalue weighted by atomic mass is 10.2. The van der Waals surface area contributed by atoms with E-state index < -0.39 is 16.0 Å². The first kappa shape index (κ1) is 13.7. The summed E-state index contributed by atoms with van der Waals surface area (Å²) in [4.78, 5) is 10.3. The summed E-state index contributed by atoms with van der Waals surface area (Å²) >= 11 is 0. The van der Waals surface area contributed by atoms with Gasteiger partial charge in [0.25, 0.3) is 0 Å². The minimum atomic E-state index is -3.52. The highest BCUT2D eigenvalue weighted by Gasteiger charge is 2.14. The molecule has 8 heteroatoms. The number of aryl methyl sites for hydroxylation is 1. The Labute approximate surface area is 99.5 Å². The Morgan fingerprint density at radius 3 is 2.76 bits per heavy atom. The highest BCUT2D eigenvalue weighted by molar-refractivity contribution is 7.89. The molecule has 1 aromatic heterocycles. The maximum atomic E-state index is 11.7. The number of carbonyl (C=O) groups is 1. The van der Waals surface area contributed by atoms with Crippen molar-refractivity contribution in [2.24, 2.45) is 7.05 Å². The molecular formula is C9H15N3O4S. The molecule has 1 rings (SSSR count). The van der Waals surface area contributed by atoms with E-state index in [1.807, 2.05) is 0 Å². The fourth-order valence-electron chi connectivity index (χ4n) is 1.23. The predicted octanol–water partition coefficient (Wildman–Crippen LogP) is -0.0467. The van der Waals surface area contributed by atoms with Crippen molar-refractivity contribution in [3.05, 3.63) is 12.4 Å². The summed E-state index contributed by atoms with van der Waals surface area (Å²) in [7, 11) is -1.89. The van der Waals surface area contributed by atoms with Crippen molar-refractivity contribution < 1.29 is 18.3 Å². The normalized spacial score (nSPS) is 11.6. The number of carboxylic acid groups (broad SMARTS) is 1. The van der Waals surface area contributed by atoms with Gasteiger partial charge in [0.15, 0.2) is 0 Å². The summed E-state index contributed by atoms with van der Waals surface area (Å²) in [6, 6.07) is 0. The van der Waals surface area contributed by atoms with Crippen molar-refractivity contribution in [3.63, 3.8) is 0 Å². The van der Waals surface area contributed by atoms with Crippen LogP contribution in [0.25, 0.3) is 0 Å². The molecule has 2 N–H and O–H groups in total. The lowest BCUT2D eigenvalue weighted by Gasteiger charge is -2.03. The quantitative estimate of drug-likeness (QED) is 0.670. The predicted molar refractivity (Wildman–Crippen MR) is 59.9 cm³/mol. The van der Waals surface area contributed by atoms with Gasteiger partial charge < -0.3 is 5.11 Å². The monoisotopic (exact) mass is 261 g/mol. The molecule has 0 aliphatic heterocycles. The fourth-order valence-corrected chi connectivity index (χ4v) is 2.29. The number of nitrogens with one attached hydrogen (secondary N) is 1. The molecule has 0 aromatic carbocycles. The molecule has 0 amide bonds. The van der Waals surface area contributed by atoms with Gasteiger partial charge in [-0.1, -0.05) is 0 Å². The van der Waals surface area contributed by atoms with E-state index in [9.17, 15) is 13.2 Å². The number of rotatable bonds is 7. The summed E-state index contributed by atoms with van der Waals surface area (Å²) in [5.74, 6) is -0.875. The van der Waals surface area contributed by atoms with Crippen molar-refractivity contribution in [3.8, 4) is 0 Å². The van der Waals surface area contributed by atoms with Crippen LogP contribution in [0.1, 0.15) is 19.3 Å². The molecule has 0 bridgehead atoms. The number of hydrogen-bond donors (Lipinski definition) is 2. The second-order valence-electron chi connectivity index (χ2n) is 3.60. The van der Waals surface area contributed by atoms with Gasteiger partial charge in [0.2, 0.25) is 10.0 Å². The molecule has 0 spiro atoms. The average molecular weight is 261 g/mol. The fraction of sp³-hybridized carbons (Fsp3) is 0.556. The molecular weight excluding hydrogens is 246 g/mol. The van der Waals surface area contributed by atoms with E-state index in [1.165, 1.54) is 17.1 Å². The van der Waals surface area contributed by atoms with E-state index in [1.54, 1.807) is 7.05 Å². The zero-order valence-electron chi connectivity index (χ0n) is 9.46. The largest absolute Gasteiger partial charge is 0.481 e. The van der Waals surface area contributed by atoms with E-state index in [2.05, 4.69) is 9.82 Å². The molecule has 0 radical (unpaired) electrons. The Morgan fingerprint density at radius 1 is 1.53 bits per heavy atom. The zero-order valence-corrected chi connectivity index (χ0v) is 10.3. The lowest BCUT2D eigenvalue weighted by molar-refractivity contribution is -0.137. The van der Waals surface area contributed by atoms with Crippen LogP contribution in [0.2, 0.25) is 0 Å². The van der Waals surface area contributed by atoms with E-state index in [-0.39, 0.29) is 17.9 Å². The van der Waals surface area contributed by atoms with Crippen LogP contribution < -0.4 is 4.72 Å². The van der Waals surface area contributed by atoms with Gasteiger partial charge in [-0.15, -0.1) is 0 Å². The first-order valence-corrected chi connectivity index (χ1v) is 6.60. The number of sulfonamides is 1. The maximum Gasteiger partial charge on any atom is 0.303 e. The molecule has 17 heavy (non-hydrogen) atoms. The minimum Gasteiger partial charge on any atom is -0.481 e. The summed E-state index contributed by atoms with van der Waals surface area (Å²) in [5, 5.41) is 12.2. The van der Waals surface area contributed by atoms with Gasteiger partial charge in [-0.3, -0.25) is 9.48 Å². The number of hydrogen-bond acceptors (Lipinski definition) is 4. The van der Waals surface area contributed by atoms with Gasteiger partial charge >= 0.3 is 5.97 Å². The third kappa shape index (κ3) is 4.53. The standard InChI is InChI=1S/C9H15N3O4S/c1-12-7-8(6-10-12)17(15,16)11-5-3-2-4-9(13)14/h6-7,11H,2-5H2,1H3,(H,13,14). The van der Waals surface area contributed by atoms with Crippen LogP contribution in [0.5, 0.6) is 0 Å². The Morgan fingerprint density at radius 2 is 2.24 bits per heavy atom. The SMILES string of the molecule is Cn1cc(S(=O)(=O)NCCCCC(=O)O)cn1. The van der Waals surface area contributed by atoms with Crippen LogP contribution in [0, 0.1) is 0 Å².